The van der Waals surface area contributed by atoms with Gasteiger partial charge in [-0.3, -0.25) is 9.69 Å². The third-order valence-corrected chi connectivity index (χ3v) is 4.74. The Hall–Kier alpha value is -0.870. The summed E-state index contributed by atoms with van der Waals surface area (Å²) in [6.07, 6.45) is 2.45. The van der Waals surface area contributed by atoms with Gasteiger partial charge in [0.15, 0.2) is 0 Å². The Morgan fingerprint density at radius 3 is 2.70 bits per heavy atom. The lowest BCUT2D eigenvalue weighted by Crippen LogP contribution is -2.41. The maximum Gasteiger partial charge on any atom is 0.253 e. The number of halogens is 1. The number of hydrogen-bond donors (Lipinski definition) is 0. The monoisotopic (exact) mass is 338 g/mol. The number of hydrogen-bond acceptors (Lipinski definition) is 2. The van der Waals surface area contributed by atoms with E-state index in [0.29, 0.717) is 6.04 Å². The lowest BCUT2D eigenvalue weighted by Gasteiger charge is -2.27. The van der Waals surface area contributed by atoms with Gasteiger partial charge in [0.1, 0.15) is 0 Å². The molecular weight excluding hydrogens is 316 g/mol. The molecule has 1 saturated heterocycles. The maximum atomic E-state index is 12.4. The van der Waals surface area contributed by atoms with Crippen molar-refractivity contribution in [1.82, 2.24) is 9.80 Å². The molecule has 0 aliphatic carbocycles. The first kappa shape index (κ1) is 15.5. The summed E-state index contributed by atoms with van der Waals surface area (Å²) in [6.45, 7) is 5.27. The molecule has 1 aromatic rings. The van der Waals surface area contributed by atoms with Crippen LogP contribution in [0, 0.1) is 0 Å². The molecule has 0 spiro atoms. The Balaban J connectivity index is 1.97. The summed E-state index contributed by atoms with van der Waals surface area (Å²) in [4.78, 5) is 16.8. The van der Waals surface area contributed by atoms with Crippen LogP contribution in [0.3, 0.4) is 0 Å². The zero-order valence-electron chi connectivity index (χ0n) is 12.3. The van der Waals surface area contributed by atoms with Crippen molar-refractivity contribution in [2.24, 2.45) is 0 Å². The van der Waals surface area contributed by atoms with Crippen molar-refractivity contribution in [3.05, 3.63) is 35.4 Å². The van der Waals surface area contributed by atoms with Crippen LogP contribution >= 0.6 is 15.9 Å². The van der Waals surface area contributed by atoms with E-state index in [1.165, 1.54) is 24.9 Å². The van der Waals surface area contributed by atoms with E-state index in [1.807, 2.05) is 36.2 Å². The Bertz CT molecular complexity index is 446. The van der Waals surface area contributed by atoms with Crippen molar-refractivity contribution in [2.45, 2.75) is 31.1 Å². The van der Waals surface area contributed by atoms with E-state index >= 15 is 0 Å². The molecule has 1 amide bonds. The molecule has 110 valence electrons. The first-order valence-electron chi connectivity index (χ1n) is 7.30. The molecule has 1 aliphatic heterocycles. The van der Waals surface area contributed by atoms with Crippen LogP contribution in [0.4, 0.5) is 0 Å². The Labute approximate surface area is 130 Å². The van der Waals surface area contributed by atoms with Crippen molar-refractivity contribution >= 4 is 21.8 Å². The fourth-order valence-corrected chi connectivity index (χ4v) is 3.25. The number of alkyl halides is 1. The molecular formula is C16H23BrN2O. The van der Waals surface area contributed by atoms with Gasteiger partial charge in [-0.25, -0.2) is 0 Å². The number of carbonyl (C=O) groups is 1. The van der Waals surface area contributed by atoms with Gasteiger partial charge in [0, 0.05) is 30.5 Å². The van der Waals surface area contributed by atoms with Gasteiger partial charge in [-0.2, -0.15) is 0 Å². The minimum absolute atomic E-state index is 0.120. The van der Waals surface area contributed by atoms with Gasteiger partial charge in [0.05, 0.1) is 0 Å². The van der Waals surface area contributed by atoms with Gasteiger partial charge in [0.2, 0.25) is 0 Å². The van der Waals surface area contributed by atoms with Gasteiger partial charge in [-0.05, 0) is 43.6 Å². The van der Waals surface area contributed by atoms with Crippen molar-refractivity contribution in [1.29, 1.82) is 0 Å². The standard InChI is InChI=1S/C16H23BrN2O/c1-3-19-10-4-5-15(19)12-18(2)16(20)14-8-6-13(11-17)7-9-14/h6-9,15H,3-5,10-12H2,1-2H3. The Morgan fingerprint density at radius 1 is 1.40 bits per heavy atom. The smallest absolute Gasteiger partial charge is 0.253 e. The molecule has 1 aromatic carbocycles. The molecule has 1 unspecified atom stereocenters. The van der Waals surface area contributed by atoms with Crippen LogP contribution in [0.25, 0.3) is 0 Å². The van der Waals surface area contributed by atoms with Crippen LogP contribution in [0.15, 0.2) is 24.3 Å². The van der Waals surface area contributed by atoms with Gasteiger partial charge in [0.25, 0.3) is 5.91 Å². The maximum absolute atomic E-state index is 12.4. The highest BCUT2D eigenvalue weighted by atomic mass is 79.9. The highest BCUT2D eigenvalue weighted by Crippen LogP contribution is 2.18. The van der Waals surface area contributed by atoms with Crippen LogP contribution < -0.4 is 0 Å². The molecule has 20 heavy (non-hydrogen) atoms. The molecule has 1 fully saturated rings. The third kappa shape index (κ3) is 3.61. The van der Waals surface area contributed by atoms with Crippen LogP contribution in [-0.4, -0.2) is 48.4 Å². The number of likely N-dealkylation sites (N-methyl/N-ethyl adjacent to an activating group) is 2. The Kier molecular flexibility index (Phi) is 5.61. The lowest BCUT2D eigenvalue weighted by molar-refractivity contribution is 0.0754. The quantitative estimate of drug-likeness (QED) is 0.770. The predicted molar refractivity (Wildman–Crippen MR) is 86.3 cm³/mol. The second-order valence-electron chi connectivity index (χ2n) is 5.44. The number of benzene rings is 1. The number of rotatable bonds is 5. The average Bonchev–Trinajstić information content (AvgIpc) is 2.93. The first-order chi connectivity index (χ1) is 9.65. The molecule has 2 rings (SSSR count). The van der Waals surface area contributed by atoms with Crippen LogP contribution in [0.1, 0.15) is 35.7 Å². The Morgan fingerprint density at radius 2 is 2.10 bits per heavy atom. The van der Waals surface area contributed by atoms with Crippen molar-refractivity contribution in [2.75, 3.05) is 26.7 Å². The number of amides is 1. The number of carbonyl (C=O) groups excluding carboxylic acids is 1. The SMILES string of the molecule is CCN1CCCC1CN(C)C(=O)c1ccc(CBr)cc1. The lowest BCUT2D eigenvalue weighted by atomic mass is 10.1. The topological polar surface area (TPSA) is 23.6 Å². The third-order valence-electron chi connectivity index (χ3n) is 4.09. The number of likely N-dealkylation sites (tertiary alicyclic amines) is 1. The van der Waals surface area contributed by atoms with Crippen LogP contribution in [-0.2, 0) is 5.33 Å². The van der Waals surface area contributed by atoms with E-state index < -0.39 is 0 Å². The van der Waals surface area contributed by atoms with E-state index in [9.17, 15) is 4.79 Å². The number of nitrogens with zero attached hydrogens (tertiary/aromatic N) is 2. The molecule has 0 aromatic heterocycles. The molecule has 1 aliphatic rings. The summed E-state index contributed by atoms with van der Waals surface area (Å²) < 4.78 is 0. The highest BCUT2D eigenvalue weighted by molar-refractivity contribution is 9.08. The molecule has 0 saturated carbocycles. The first-order valence-corrected chi connectivity index (χ1v) is 8.42. The van der Waals surface area contributed by atoms with Gasteiger partial charge < -0.3 is 4.90 Å². The zero-order valence-corrected chi connectivity index (χ0v) is 13.9. The van der Waals surface area contributed by atoms with E-state index in [2.05, 4.69) is 27.8 Å². The predicted octanol–water partition coefficient (Wildman–Crippen LogP) is 3.14. The molecule has 1 heterocycles. The molecule has 3 nitrogen and oxygen atoms in total. The fraction of sp³-hybridized carbons (Fsp3) is 0.562. The largest absolute Gasteiger partial charge is 0.340 e. The normalized spacial score (nSPS) is 19.2. The summed E-state index contributed by atoms with van der Waals surface area (Å²) >= 11 is 3.42. The molecule has 0 N–H and O–H groups in total. The van der Waals surface area contributed by atoms with Crippen molar-refractivity contribution in [3.63, 3.8) is 0 Å². The van der Waals surface area contributed by atoms with Gasteiger partial charge in [-0.15, -0.1) is 0 Å². The van der Waals surface area contributed by atoms with Crippen LogP contribution in [0.2, 0.25) is 0 Å². The fourth-order valence-electron chi connectivity index (χ4n) is 2.87. The van der Waals surface area contributed by atoms with E-state index in [4.69, 9.17) is 0 Å². The minimum atomic E-state index is 0.120. The van der Waals surface area contributed by atoms with Crippen LogP contribution in [0.5, 0.6) is 0 Å². The summed E-state index contributed by atoms with van der Waals surface area (Å²) in [7, 11) is 1.91. The zero-order chi connectivity index (χ0) is 14.5. The molecule has 1 atom stereocenters. The highest BCUT2D eigenvalue weighted by Gasteiger charge is 2.25. The van der Waals surface area contributed by atoms with E-state index in [1.54, 1.807) is 0 Å². The minimum Gasteiger partial charge on any atom is -0.340 e. The van der Waals surface area contributed by atoms with E-state index in [0.717, 1.165) is 24.0 Å². The van der Waals surface area contributed by atoms with E-state index in [-0.39, 0.29) is 5.91 Å². The average molecular weight is 339 g/mol. The van der Waals surface area contributed by atoms with Crippen molar-refractivity contribution in [3.8, 4) is 0 Å². The molecule has 0 radical (unpaired) electrons. The molecule has 0 bridgehead atoms. The van der Waals surface area contributed by atoms with Gasteiger partial charge in [-0.1, -0.05) is 35.0 Å². The van der Waals surface area contributed by atoms with Gasteiger partial charge >= 0.3 is 0 Å². The second kappa shape index (κ2) is 7.23. The second-order valence-corrected chi connectivity index (χ2v) is 6.00. The summed E-state index contributed by atoms with van der Waals surface area (Å²) in [5, 5.41) is 0.824. The summed E-state index contributed by atoms with van der Waals surface area (Å²) in [5.41, 5.74) is 1.97. The summed E-state index contributed by atoms with van der Waals surface area (Å²) in [6, 6.07) is 8.37. The summed E-state index contributed by atoms with van der Waals surface area (Å²) in [5.74, 6) is 0.120. The molecule has 4 heteroatoms. The van der Waals surface area contributed by atoms with Crippen molar-refractivity contribution < 1.29 is 4.79 Å².